The van der Waals surface area contributed by atoms with E-state index in [1.165, 1.54) is 17.3 Å². The van der Waals surface area contributed by atoms with Crippen molar-refractivity contribution in [2.75, 3.05) is 6.61 Å². The number of carbonyl (C=O) groups excluding carboxylic acids is 2. The molecule has 1 N–H and O–H groups in total. The molecule has 1 aromatic heterocycles. The van der Waals surface area contributed by atoms with Crippen LogP contribution in [0.5, 0.6) is 0 Å². The van der Waals surface area contributed by atoms with Crippen LogP contribution in [0.25, 0.3) is 0 Å². The van der Waals surface area contributed by atoms with Crippen LogP contribution in [-0.4, -0.2) is 44.3 Å². The van der Waals surface area contributed by atoms with Gasteiger partial charge in [0.2, 0.25) is 0 Å². The Bertz CT molecular complexity index is 451. The van der Waals surface area contributed by atoms with Gasteiger partial charge in [-0.1, -0.05) is 20.8 Å². The van der Waals surface area contributed by atoms with Crippen LogP contribution in [0.1, 0.15) is 40.2 Å². The Morgan fingerprint density at radius 3 is 2.50 bits per heavy atom. The van der Waals surface area contributed by atoms with Gasteiger partial charge in [0, 0.05) is 5.41 Å². The second kappa shape index (κ2) is 6.60. The first-order chi connectivity index (χ1) is 9.27. The van der Waals surface area contributed by atoms with E-state index in [9.17, 15) is 14.7 Å². The van der Waals surface area contributed by atoms with E-state index in [1.807, 2.05) is 0 Å². The molecule has 7 heteroatoms. The maximum atomic E-state index is 12.4. The minimum Gasteiger partial charge on any atom is -0.466 e. The molecule has 2 unspecified atom stereocenters. The molecule has 0 aromatic carbocycles. The van der Waals surface area contributed by atoms with Gasteiger partial charge in [-0.2, -0.15) is 5.10 Å². The topological polar surface area (TPSA) is 94.3 Å². The van der Waals surface area contributed by atoms with Gasteiger partial charge < -0.3 is 9.84 Å². The maximum absolute atomic E-state index is 12.4. The van der Waals surface area contributed by atoms with Gasteiger partial charge in [0.05, 0.1) is 19.1 Å². The van der Waals surface area contributed by atoms with Crippen molar-refractivity contribution in [2.45, 2.75) is 46.3 Å². The number of aliphatic hydroxyl groups excluding tert-OH is 1. The lowest BCUT2D eigenvalue weighted by molar-refractivity contribution is -0.147. The first-order valence-electron chi connectivity index (χ1n) is 6.49. The Balaban J connectivity index is 2.94. The number of aromatic nitrogens is 3. The van der Waals surface area contributed by atoms with Crippen LogP contribution in [0.15, 0.2) is 12.7 Å². The predicted molar refractivity (Wildman–Crippen MR) is 70.8 cm³/mol. The van der Waals surface area contributed by atoms with Gasteiger partial charge in [-0.25, -0.2) is 9.67 Å². The van der Waals surface area contributed by atoms with Crippen molar-refractivity contribution in [3.8, 4) is 0 Å². The van der Waals surface area contributed by atoms with Crippen molar-refractivity contribution in [1.29, 1.82) is 0 Å². The standard InChI is InChI=1S/C13H21N3O4/c1-5-20-10(18)6-9(17)11(12(19)13(2,3)4)16-8-14-7-15-16/h7-9,11,17H,5-6H2,1-4H3. The molecular weight excluding hydrogens is 262 g/mol. The van der Waals surface area contributed by atoms with E-state index in [0.717, 1.165) is 0 Å². The highest BCUT2D eigenvalue weighted by Crippen LogP contribution is 2.26. The van der Waals surface area contributed by atoms with E-state index in [-0.39, 0.29) is 18.8 Å². The summed E-state index contributed by atoms with van der Waals surface area (Å²) in [6.45, 7) is 7.15. The van der Waals surface area contributed by atoms with Crippen LogP contribution in [0, 0.1) is 5.41 Å². The lowest BCUT2D eigenvalue weighted by atomic mass is 9.84. The van der Waals surface area contributed by atoms with E-state index in [2.05, 4.69) is 10.1 Å². The zero-order valence-corrected chi connectivity index (χ0v) is 12.2. The third kappa shape index (κ3) is 4.12. The normalized spacial score (nSPS) is 14.7. The first-order valence-corrected chi connectivity index (χ1v) is 6.49. The number of rotatable bonds is 6. The van der Waals surface area contributed by atoms with Crippen LogP contribution in [0.3, 0.4) is 0 Å². The molecule has 112 valence electrons. The number of hydrogen-bond acceptors (Lipinski definition) is 6. The van der Waals surface area contributed by atoms with Gasteiger partial charge in [-0.3, -0.25) is 9.59 Å². The molecular formula is C13H21N3O4. The Morgan fingerprint density at radius 2 is 2.05 bits per heavy atom. The van der Waals surface area contributed by atoms with Gasteiger partial charge in [0.1, 0.15) is 18.7 Å². The lowest BCUT2D eigenvalue weighted by Crippen LogP contribution is -2.39. The average molecular weight is 283 g/mol. The summed E-state index contributed by atoms with van der Waals surface area (Å²) < 4.78 is 6.07. The summed E-state index contributed by atoms with van der Waals surface area (Å²) in [6.07, 6.45) is 1.16. The van der Waals surface area contributed by atoms with Crippen LogP contribution >= 0.6 is 0 Å². The third-order valence-corrected chi connectivity index (χ3v) is 2.78. The zero-order chi connectivity index (χ0) is 15.3. The molecule has 0 fully saturated rings. The highest BCUT2D eigenvalue weighted by atomic mass is 16.5. The molecule has 1 aromatic rings. The minimum absolute atomic E-state index is 0.222. The summed E-state index contributed by atoms with van der Waals surface area (Å²) >= 11 is 0. The number of hydrogen-bond donors (Lipinski definition) is 1. The van der Waals surface area contributed by atoms with Crippen LogP contribution in [0.4, 0.5) is 0 Å². The number of ketones is 1. The second-order valence-electron chi connectivity index (χ2n) is 5.51. The predicted octanol–water partition coefficient (Wildman–Crippen LogP) is 0.748. The van der Waals surface area contributed by atoms with E-state index in [1.54, 1.807) is 27.7 Å². The summed E-state index contributed by atoms with van der Waals surface area (Å²) in [5.41, 5.74) is -0.674. The molecule has 0 aliphatic carbocycles. The number of aliphatic hydroxyl groups is 1. The molecule has 1 heterocycles. The van der Waals surface area contributed by atoms with E-state index >= 15 is 0 Å². The number of Topliss-reactive ketones (excluding diaryl/α,β-unsaturated/α-hetero) is 1. The van der Waals surface area contributed by atoms with Crippen LogP contribution in [0.2, 0.25) is 0 Å². The molecule has 0 bridgehead atoms. The van der Waals surface area contributed by atoms with Gasteiger partial charge in [0.25, 0.3) is 0 Å². The molecule has 0 saturated carbocycles. The van der Waals surface area contributed by atoms with Crippen LogP contribution in [-0.2, 0) is 14.3 Å². The molecule has 20 heavy (non-hydrogen) atoms. The van der Waals surface area contributed by atoms with Crippen molar-refractivity contribution in [2.24, 2.45) is 5.41 Å². The van der Waals surface area contributed by atoms with Gasteiger partial charge >= 0.3 is 5.97 Å². The number of esters is 1. The molecule has 2 atom stereocenters. The Labute approximate surface area is 118 Å². The van der Waals surface area contributed by atoms with E-state index in [4.69, 9.17) is 4.74 Å². The summed E-state index contributed by atoms with van der Waals surface area (Å²) in [6, 6.07) is -0.957. The summed E-state index contributed by atoms with van der Waals surface area (Å²) in [7, 11) is 0. The summed E-state index contributed by atoms with van der Waals surface area (Å²) in [4.78, 5) is 27.7. The van der Waals surface area contributed by atoms with Crippen molar-refractivity contribution in [1.82, 2.24) is 14.8 Å². The molecule has 1 rings (SSSR count). The summed E-state index contributed by atoms with van der Waals surface area (Å²) in [5.74, 6) is -0.772. The first kappa shape index (κ1) is 16.3. The van der Waals surface area contributed by atoms with Gasteiger partial charge in [-0.05, 0) is 6.92 Å². The smallest absolute Gasteiger partial charge is 0.308 e. The molecule has 0 spiro atoms. The average Bonchev–Trinajstić information content (AvgIpc) is 2.81. The molecule has 0 amide bonds. The molecule has 0 saturated heterocycles. The molecule has 0 radical (unpaired) electrons. The van der Waals surface area contributed by atoms with Crippen molar-refractivity contribution >= 4 is 11.8 Å². The van der Waals surface area contributed by atoms with E-state index in [0.29, 0.717) is 0 Å². The molecule has 7 nitrogen and oxygen atoms in total. The van der Waals surface area contributed by atoms with Gasteiger partial charge in [0.15, 0.2) is 5.78 Å². The Kier molecular flexibility index (Phi) is 5.38. The van der Waals surface area contributed by atoms with E-state index < -0.39 is 23.5 Å². The highest BCUT2D eigenvalue weighted by molar-refractivity contribution is 5.88. The maximum Gasteiger partial charge on any atom is 0.308 e. The third-order valence-electron chi connectivity index (χ3n) is 2.78. The second-order valence-corrected chi connectivity index (χ2v) is 5.51. The fraction of sp³-hybridized carbons (Fsp3) is 0.692. The fourth-order valence-corrected chi connectivity index (χ4v) is 1.78. The monoisotopic (exact) mass is 283 g/mol. The number of ether oxygens (including phenoxy) is 1. The SMILES string of the molecule is CCOC(=O)CC(O)C(C(=O)C(C)(C)C)n1cncn1. The zero-order valence-electron chi connectivity index (χ0n) is 12.2. The summed E-state index contributed by atoms with van der Waals surface area (Å²) in [5, 5.41) is 14.1. The lowest BCUT2D eigenvalue weighted by Gasteiger charge is -2.27. The molecule has 0 aliphatic rings. The Morgan fingerprint density at radius 1 is 1.40 bits per heavy atom. The Hall–Kier alpha value is -1.76. The van der Waals surface area contributed by atoms with Gasteiger partial charge in [-0.15, -0.1) is 0 Å². The number of nitrogens with zero attached hydrogens (tertiary/aromatic N) is 3. The minimum atomic E-state index is -1.21. The fourth-order valence-electron chi connectivity index (χ4n) is 1.78. The van der Waals surface area contributed by atoms with Crippen molar-refractivity contribution in [3.63, 3.8) is 0 Å². The van der Waals surface area contributed by atoms with Crippen molar-refractivity contribution in [3.05, 3.63) is 12.7 Å². The molecule has 0 aliphatic heterocycles. The highest BCUT2D eigenvalue weighted by Gasteiger charge is 2.37. The number of carbonyl (C=O) groups is 2. The quantitative estimate of drug-likeness (QED) is 0.774. The largest absolute Gasteiger partial charge is 0.466 e. The van der Waals surface area contributed by atoms with Crippen molar-refractivity contribution < 1.29 is 19.4 Å². The van der Waals surface area contributed by atoms with Crippen LogP contribution < -0.4 is 0 Å².